The maximum absolute atomic E-state index is 6.25. The average Bonchev–Trinajstić information content (AvgIpc) is 2.39. The van der Waals surface area contributed by atoms with E-state index in [0.717, 1.165) is 48.0 Å². The quantitative estimate of drug-likeness (QED) is 0.806. The monoisotopic (exact) mass is 269 g/mol. The highest BCUT2D eigenvalue weighted by Gasteiger charge is 2.14. The number of fused-ring (bicyclic) bond motifs is 1. The summed E-state index contributed by atoms with van der Waals surface area (Å²) < 4.78 is 11.1. The van der Waals surface area contributed by atoms with Crippen molar-refractivity contribution in [3.8, 4) is 11.5 Å². The minimum absolute atomic E-state index is 0.603. The van der Waals surface area contributed by atoms with Crippen LogP contribution < -0.4 is 14.8 Å². The zero-order valence-electron chi connectivity index (χ0n) is 10.8. The first-order valence-corrected chi connectivity index (χ1v) is 6.98. The Hall–Kier alpha value is -0.930. The predicted molar refractivity (Wildman–Crippen MR) is 73.9 cm³/mol. The second-order valence-electron chi connectivity index (χ2n) is 4.40. The van der Waals surface area contributed by atoms with Crippen molar-refractivity contribution in [1.82, 2.24) is 5.32 Å². The van der Waals surface area contributed by atoms with Crippen LogP contribution >= 0.6 is 11.6 Å². The first kappa shape index (κ1) is 13.5. The Morgan fingerprint density at radius 2 is 1.89 bits per heavy atom. The van der Waals surface area contributed by atoms with E-state index < -0.39 is 0 Å². The van der Waals surface area contributed by atoms with E-state index in [9.17, 15) is 0 Å². The molecule has 1 aliphatic heterocycles. The number of benzene rings is 1. The van der Waals surface area contributed by atoms with Gasteiger partial charge in [0.1, 0.15) is 13.2 Å². The van der Waals surface area contributed by atoms with E-state index in [4.69, 9.17) is 21.1 Å². The first-order chi connectivity index (χ1) is 8.81. The predicted octanol–water partition coefficient (Wildman–Crippen LogP) is 3.04. The van der Waals surface area contributed by atoms with Crippen molar-refractivity contribution >= 4 is 11.6 Å². The molecule has 1 N–H and O–H groups in total. The lowest BCUT2D eigenvalue weighted by molar-refractivity contribution is 0.171. The van der Waals surface area contributed by atoms with E-state index in [2.05, 4.69) is 12.2 Å². The number of hydrogen-bond donors (Lipinski definition) is 1. The third-order valence-corrected chi connectivity index (χ3v) is 3.36. The maximum Gasteiger partial charge on any atom is 0.162 e. The average molecular weight is 270 g/mol. The second-order valence-corrected chi connectivity index (χ2v) is 4.81. The van der Waals surface area contributed by atoms with Crippen LogP contribution in [0.1, 0.15) is 25.3 Å². The highest BCUT2D eigenvalue weighted by molar-refractivity contribution is 6.31. The van der Waals surface area contributed by atoms with Gasteiger partial charge in [-0.3, -0.25) is 0 Å². The molecule has 100 valence electrons. The summed E-state index contributed by atoms with van der Waals surface area (Å²) >= 11 is 6.25. The summed E-state index contributed by atoms with van der Waals surface area (Å²) in [6, 6.07) is 3.89. The standard InChI is InChI=1S/C14H20ClNO2/c1-2-16-6-4-3-5-11-9-13-14(10-12(11)15)18-8-7-17-13/h9-10,16H,2-8H2,1H3. The van der Waals surface area contributed by atoms with Crippen molar-refractivity contribution in [1.29, 1.82) is 0 Å². The van der Waals surface area contributed by atoms with Gasteiger partial charge in [0, 0.05) is 11.1 Å². The molecule has 18 heavy (non-hydrogen) atoms. The smallest absolute Gasteiger partial charge is 0.162 e. The molecule has 0 fully saturated rings. The Kier molecular flexibility index (Phi) is 5.14. The zero-order chi connectivity index (χ0) is 12.8. The molecule has 1 aliphatic rings. The lowest BCUT2D eigenvalue weighted by Gasteiger charge is -2.19. The third kappa shape index (κ3) is 3.53. The van der Waals surface area contributed by atoms with Gasteiger partial charge in [-0.2, -0.15) is 0 Å². The molecule has 2 rings (SSSR count). The minimum atomic E-state index is 0.603. The molecule has 3 nitrogen and oxygen atoms in total. The fraction of sp³-hybridized carbons (Fsp3) is 0.571. The molecule has 1 aromatic carbocycles. The molecule has 0 amide bonds. The van der Waals surface area contributed by atoms with Crippen molar-refractivity contribution in [2.24, 2.45) is 0 Å². The molecule has 0 spiro atoms. The molecular formula is C14H20ClNO2. The summed E-state index contributed by atoms with van der Waals surface area (Å²) in [6.07, 6.45) is 3.28. The molecule has 0 unspecified atom stereocenters. The van der Waals surface area contributed by atoms with Crippen LogP contribution in [0.5, 0.6) is 11.5 Å². The molecule has 0 saturated carbocycles. The zero-order valence-corrected chi connectivity index (χ0v) is 11.6. The number of nitrogens with one attached hydrogen (secondary N) is 1. The van der Waals surface area contributed by atoms with Crippen LogP contribution in [0, 0.1) is 0 Å². The molecule has 0 bridgehead atoms. The van der Waals surface area contributed by atoms with Gasteiger partial charge in [-0.05, 0) is 44.0 Å². The van der Waals surface area contributed by atoms with Crippen molar-refractivity contribution in [2.75, 3.05) is 26.3 Å². The van der Waals surface area contributed by atoms with Gasteiger partial charge in [0.05, 0.1) is 0 Å². The molecule has 1 aromatic rings. The van der Waals surface area contributed by atoms with E-state index >= 15 is 0 Å². The third-order valence-electron chi connectivity index (χ3n) is 3.01. The van der Waals surface area contributed by atoms with Gasteiger partial charge in [-0.15, -0.1) is 0 Å². The Morgan fingerprint density at radius 3 is 2.61 bits per heavy atom. The lowest BCUT2D eigenvalue weighted by Crippen LogP contribution is -2.15. The van der Waals surface area contributed by atoms with Crippen LogP contribution in [0.2, 0.25) is 5.02 Å². The topological polar surface area (TPSA) is 30.5 Å². The van der Waals surface area contributed by atoms with Gasteiger partial charge in [-0.1, -0.05) is 18.5 Å². The SMILES string of the molecule is CCNCCCCc1cc2c(cc1Cl)OCCO2. The summed E-state index contributed by atoms with van der Waals surface area (Å²) in [7, 11) is 0. The van der Waals surface area contributed by atoms with Crippen LogP contribution in [0.3, 0.4) is 0 Å². The summed E-state index contributed by atoms with van der Waals surface area (Å²) in [6.45, 7) is 5.45. The Balaban J connectivity index is 1.91. The first-order valence-electron chi connectivity index (χ1n) is 6.60. The van der Waals surface area contributed by atoms with E-state index in [1.165, 1.54) is 6.42 Å². The van der Waals surface area contributed by atoms with E-state index in [1.54, 1.807) is 0 Å². The van der Waals surface area contributed by atoms with Crippen molar-refractivity contribution in [3.63, 3.8) is 0 Å². The molecule has 0 saturated heterocycles. The Morgan fingerprint density at radius 1 is 1.17 bits per heavy atom. The molecule has 0 aliphatic carbocycles. The van der Waals surface area contributed by atoms with Crippen LogP contribution in [0.15, 0.2) is 12.1 Å². The van der Waals surface area contributed by atoms with Crippen molar-refractivity contribution in [3.05, 3.63) is 22.7 Å². The molecule has 0 aromatic heterocycles. The number of ether oxygens (including phenoxy) is 2. The van der Waals surface area contributed by atoms with E-state index in [1.807, 2.05) is 12.1 Å². The normalized spacial score (nSPS) is 13.7. The molecule has 0 radical (unpaired) electrons. The van der Waals surface area contributed by atoms with E-state index in [0.29, 0.717) is 13.2 Å². The maximum atomic E-state index is 6.25. The van der Waals surface area contributed by atoms with Gasteiger partial charge in [0.25, 0.3) is 0 Å². The van der Waals surface area contributed by atoms with Crippen LogP contribution in [0.25, 0.3) is 0 Å². The molecule has 0 atom stereocenters. The fourth-order valence-electron chi connectivity index (χ4n) is 2.04. The van der Waals surface area contributed by atoms with Crippen LogP contribution in [-0.2, 0) is 6.42 Å². The van der Waals surface area contributed by atoms with Crippen LogP contribution in [-0.4, -0.2) is 26.3 Å². The summed E-state index contributed by atoms with van der Waals surface area (Å²) in [5.41, 5.74) is 1.15. The van der Waals surface area contributed by atoms with Crippen molar-refractivity contribution in [2.45, 2.75) is 26.2 Å². The number of hydrogen-bond acceptors (Lipinski definition) is 3. The second kappa shape index (κ2) is 6.86. The number of aryl methyl sites for hydroxylation is 1. The van der Waals surface area contributed by atoms with E-state index in [-0.39, 0.29) is 0 Å². The number of rotatable bonds is 6. The van der Waals surface area contributed by atoms with Gasteiger partial charge >= 0.3 is 0 Å². The van der Waals surface area contributed by atoms with Crippen molar-refractivity contribution < 1.29 is 9.47 Å². The molecule has 4 heteroatoms. The highest BCUT2D eigenvalue weighted by atomic mass is 35.5. The fourth-order valence-corrected chi connectivity index (χ4v) is 2.29. The Bertz CT molecular complexity index is 396. The summed E-state index contributed by atoms with van der Waals surface area (Å²) in [5.74, 6) is 1.59. The largest absolute Gasteiger partial charge is 0.486 e. The minimum Gasteiger partial charge on any atom is -0.486 e. The molecular weight excluding hydrogens is 250 g/mol. The van der Waals surface area contributed by atoms with Gasteiger partial charge in [0.2, 0.25) is 0 Å². The van der Waals surface area contributed by atoms with Gasteiger partial charge in [0.15, 0.2) is 11.5 Å². The summed E-state index contributed by atoms with van der Waals surface area (Å²) in [5, 5.41) is 4.10. The lowest BCUT2D eigenvalue weighted by atomic mass is 10.1. The van der Waals surface area contributed by atoms with Crippen LogP contribution in [0.4, 0.5) is 0 Å². The number of unbranched alkanes of at least 4 members (excludes halogenated alkanes) is 1. The number of halogens is 1. The van der Waals surface area contributed by atoms with Gasteiger partial charge in [-0.25, -0.2) is 0 Å². The summed E-state index contributed by atoms with van der Waals surface area (Å²) in [4.78, 5) is 0. The Labute approximate surface area is 113 Å². The van der Waals surface area contributed by atoms with Gasteiger partial charge < -0.3 is 14.8 Å². The molecule has 1 heterocycles. The highest BCUT2D eigenvalue weighted by Crippen LogP contribution is 2.35.